The Morgan fingerprint density at radius 1 is 1.08 bits per heavy atom. The molecule has 7 nitrogen and oxygen atoms in total. The highest BCUT2D eigenvalue weighted by Crippen LogP contribution is 2.44. The summed E-state index contributed by atoms with van der Waals surface area (Å²) >= 11 is 4.11. The van der Waals surface area contributed by atoms with Crippen LogP contribution in [0.15, 0.2) is 30.3 Å². The lowest BCUT2D eigenvalue weighted by atomic mass is 10.1. The molecule has 0 radical (unpaired) electrons. The van der Waals surface area contributed by atoms with Gasteiger partial charge in [-0.15, -0.1) is 0 Å². The molecule has 0 heterocycles. The van der Waals surface area contributed by atoms with Crippen molar-refractivity contribution in [1.82, 2.24) is 0 Å². The average Bonchev–Trinajstić information content (AvgIpc) is 2.49. The molecule has 10 heteroatoms. The smallest absolute Gasteiger partial charge is 0.493 e. The van der Waals surface area contributed by atoms with Crippen LogP contribution in [-0.2, 0) is 4.57 Å². The van der Waals surface area contributed by atoms with Crippen LogP contribution in [0.3, 0.4) is 0 Å². The van der Waals surface area contributed by atoms with Crippen LogP contribution >= 0.6 is 53.0 Å². The second-order valence-corrected chi connectivity index (χ2v) is 8.31. The van der Waals surface area contributed by atoms with E-state index in [4.69, 9.17) is 19.3 Å². The third-order valence-electron chi connectivity index (χ3n) is 2.98. The maximum Gasteiger partial charge on any atom is 0.524 e. The minimum absolute atomic E-state index is 0.0517. The summed E-state index contributed by atoms with van der Waals surface area (Å²) in [5.74, 6) is 0.795. The molecule has 0 aliphatic carbocycles. The van der Waals surface area contributed by atoms with Gasteiger partial charge >= 0.3 is 7.82 Å². The standard InChI is InChI=1S/C15H13I2O7P/c1-8(18)9-5-11(16)15(12(17)6-9)23-10-3-4-13(22-2)14(7-10)24-25(19,20)21/h3-7H,1-2H3,(H2,19,20,21). The number of phosphoric ester groups is 1. The topological polar surface area (TPSA) is 102 Å². The van der Waals surface area contributed by atoms with E-state index in [0.29, 0.717) is 17.1 Å². The second kappa shape index (κ2) is 8.21. The van der Waals surface area contributed by atoms with Gasteiger partial charge in [-0.1, -0.05) is 0 Å². The SMILES string of the molecule is COc1ccc(Oc2c(I)cc(C(C)=O)cc2I)cc1OP(=O)(O)O. The lowest BCUT2D eigenvalue weighted by Crippen LogP contribution is -1.99. The number of methoxy groups -OCH3 is 1. The van der Waals surface area contributed by atoms with Gasteiger partial charge in [-0.05, 0) is 76.4 Å². The minimum Gasteiger partial charge on any atom is -0.493 e. The van der Waals surface area contributed by atoms with Crippen molar-refractivity contribution in [3.63, 3.8) is 0 Å². The highest BCUT2D eigenvalue weighted by molar-refractivity contribution is 14.1. The van der Waals surface area contributed by atoms with Crippen molar-refractivity contribution < 1.29 is 33.1 Å². The van der Waals surface area contributed by atoms with Crippen LogP contribution in [0.4, 0.5) is 0 Å². The Hall–Kier alpha value is -0.880. The van der Waals surface area contributed by atoms with E-state index in [2.05, 4.69) is 49.7 Å². The number of halogens is 2. The van der Waals surface area contributed by atoms with Gasteiger partial charge in [-0.2, -0.15) is 0 Å². The van der Waals surface area contributed by atoms with Crippen LogP contribution in [0, 0.1) is 7.14 Å². The van der Waals surface area contributed by atoms with Gasteiger partial charge in [0.1, 0.15) is 5.75 Å². The molecule has 2 aromatic carbocycles. The summed E-state index contributed by atoms with van der Waals surface area (Å²) in [4.78, 5) is 29.5. The Bertz CT molecular complexity index is 840. The normalized spacial score (nSPS) is 11.1. The van der Waals surface area contributed by atoms with E-state index in [0.717, 1.165) is 7.14 Å². The third kappa shape index (κ3) is 5.55. The van der Waals surface area contributed by atoms with Gasteiger partial charge in [-0.25, -0.2) is 4.57 Å². The molecule has 25 heavy (non-hydrogen) atoms. The minimum atomic E-state index is -4.74. The summed E-state index contributed by atoms with van der Waals surface area (Å²) in [6.45, 7) is 1.48. The number of benzene rings is 2. The molecule has 134 valence electrons. The van der Waals surface area contributed by atoms with Gasteiger partial charge in [0, 0.05) is 11.6 Å². The van der Waals surface area contributed by atoms with E-state index in [9.17, 15) is 9.36 Å². The summed E-state index contributed by atoms with van der Waals surface area (Å²) in [5.41, 5.74) is 0.571. The molecule has 2 aromatic rings. The molecular weight excluding hydrogens is 577 g/mol. The molecule has 0 atom stereocenters. The van der Waals surface area contributed by atoms with Crippen LogP contribution in [-0.4, -0.2) is 22.7 Å². The summed E-state index contributed by atoms with van der Waals surface area (Å²) in [7, 11) is -3.39. The highest BCUT2D eigenvalue weighted by Gasteiger charge is 2.20. The van der Waals surface area contributed by atoms with Gasteiger partial charge < -0.3 is 14.0 Å². The number of Topliss-reactive ketones (excluding diaryl/α,β-unsaturated/α-hetero) is 1. The number of hydrogen-bond acceptors (Lipinski definition) is 5. The first-order valence-electron chi connectivity index (χ1n) is 6.71. The molecule has 2 rings (SSSR count). The molecule has 0 amide bonds. The Balaban J connectivity index is 2.39. The predicted molar refractivity (Wildman–Crippen MR) is 108 cm³/mol. The number of hydrogen-bond donors (Lipinski definition) is 2. The Kier molecular flexibility index (Phi) is 6.71. The maximum absolute atomic E-state index is 11.5. The molecule has 0 spiro atoms. The maximum atomic E-state index is 11.5. The first kappa shape index (κ1) is 20.4. The first-order chi connectivity index (χ1) is 11.6. The Labute approximate surface area is 171 Å². The van der Waals surface area contributed by atoms with Crippen LogP contribution in [0.25, 0.3) is 0 Å². The van der Waals surface area contributed by atoms with Gasteiger partial charge in [-0.3, -0.25) is 14.6 Å². The summed E-state index contributed by atoms with van der Waals surface area (Å²) in [5, 5.41) is 0. The Morgan fingerprint density at radius 3 is 2.16 bits per heavy atom. The molecule has 2 N–H and O–H groups in total. The number of ether oxygens (including phenoxy) is 2. The number of ketones is 1. The average molecular weight is 590 g/mol. The zero-order valence-electron chi connectivity index (χ0n) is 13.0. The summed E-state index contributed by atoms with van der Waals surface area (Å²) in [6.07, 6.45) is 0. The molecule has 0 saturated carbocycles. The van der Waals surface area contributed by atoms with E-state index in [-0.39, 0.29) is 17.3 Å². The molecule has 0 aliphatic heterocycles. The van der Waals surface area contributed by atoms with Crippen LogP contribution in [0.2, 0.25) is 0 Å². The zero-order valence-corrected chi connectivity index (χ0v) is 18.2. The first-order valence-corrected chi connectivity index (χ1v) is 10.4. The van der Waals surface area contributed by atoms with Gasteiger partial charge in [0.25, 0.3) is 0 Å². The fraction of sp³-hybridized carbons (Fsp3) is 0.133. The van der Waals surface area contributed by atoms with E-state index in [1.165, 1.54) is 26.2 Å². The van der Waals surface area contributed by atoms with Gasteiger partial charge in [0.2, 0.25) is 0 Å². The molecule has 0 aromatic heterocycles. The lowest BCUT2D eigenvalue weighted by molar-refractivity contribution is 0.101. The largest absolute Gasteiger partial charge is 0.524 e. The zero-order chi connectivity index (χ0) is 18.8. The van der Waals surface area contributed by atoms with Crippen LogP contribution in [0.5, 0.6) is 23.0 Å². The molecule has 0 aliphatic rings. The fourth-order valence-corrected chi connectivity index (χ4v) is 4.29. The fourth-order valence-electron chi connectivity index (χ4n) is 1.90. The van der Waals surface area contributed by atoms with Crippen molar-refractivity contribution in [2.45, 2.75) is 6.92 Å². The number of phosphoric acid groups is 1. The van der Waals surface area contributed by atoms with Crippen LogP contribution in [0.1, 0.15) is 17.3 Å². The summed E-state index contributed by atoms with van der Waals surface area (Å²) in [6, 6.07) is 7.79. The van der Waals surface area contributed by atoms with Crippen LogP contribution < -0.4 is 14.0 Å². The van der Waals surface area contributed by atoms with Gasteiger partial charge in [0.15, 0.2) is 23.0 Å². The molecule has 0 bridgehead atoms. The van der Waals surface area contributed by atoms with E-state index in [1.807, 2.05) is 0 Å². The molecule has 0 saturated heterocycles. The van der Waals surface area contributed by atoms with Crippen molar-refractivity contribution in [1.29, 1.82) is 0 Å². The molecular formula is C15H13I2O7P. The number of rotatable bonds is 6. The van der Waals surface area contributed by atoms with E-state index < -0.39 is 7.82 Å². The summed E-state index contributed by atoms with van der Waals surface area (Å²) < 4.78 is 28.0. The van der Waals surface area contributed by atoms with Gasteiger partial charge in [0.05, 0.1) is 14.3 Å². The van der Waals surface area contributed by atoms with E-state index in [1.54, 1.807) is 18.2 Å². The molecule has 0 fully saturated rings. The highest BCUT2D eigenvalue weighted by atomic mass is 127. The monoisotopic (exact) mass is 590 g/mol. The predicted octanol–water partition coefficient (Wildman–Crippen LogP) is 4.37. The number of carbonyl (C=O) groups is 1. The van der Waals surface area contributed by atoms with Crippen molar-refractivity contribution in [3.05, 3.63) is 43.0 Å². The molecule has 0 unspecified atom stereocenters. The number of carbonyl (C=O) groups excluding carboxylic acids is 1. The van der Waals surface area contributed by atoms with E-state index >= 15 is 0 Å². The van der Waals surface area contributed by atoms with Crippen molar-refractivity contribution in [2.24, 2.45) is 0 Å². The van der Waals surface area contributed by atoms with Crippen molar-refractivity contribution in [3.8, 4) is 23.0 Å². The lowest BCUT2D eigenvalue weighted by Gasteiger charge is -2.15. The quantitative estimate of drug-likeness (QED) is 0.293. The third-order valence-corrected chi connectivity index (χ3v) is 5.01. The Morgan fingerprint density at radius 2 is 1.68 bits per heavy atom. The second-order valence-electron chi connectivity index (χ2n) is 4.82. The van der Waals surface area contributed by atoms with Crippen molar-refractivity contribution >= 4 is 58.8 Å². The van der Waals surface area contributed by atoms with Crippen molar-refractivity contribution in [2.75, 3.05) is 7.11 Å².